The summed E-state index contributed by atoms with van der Waals surface area (Å²) in [6.07, 6.45) is 0.115. The summed E-state index contributed by atoms with van der Waals surface area (Å²) < 4.78 is 44.8. The molecule has 7 nitrogen and oxygen atoms in total. The highest BCUT2D eigenvalue weighted by Crippen LogP contribution is 2.46. The van der Waals surface area contributed by atoms with Crippen molar-refractivity contribution in [1.82, 2.24) is 5.01 Å². The van der Waals surface area contributed by atoms with Gasteiger partial charge in [-0.15, -0.1) is 0 Å². The number of methoxy groups -OCH3 is 1. The minimum atomic E-state index is -4.64. The Balaban J connectivity index is 1.55. The highest BCUT2D eigenvalue weighted by molar-refractivity contribution is 6.24. The van der Waals surface area contributed by atoms with Gasteiger partial charge in [0.25, 0.3) is 0 Å². The lowest BCUT2D eigenvalue weighted by Gasteiger charge is -2.30. The maximum Gasteiger partial charge on any atom is 0.416 e. The SMILES string of the molecule is COc1ccc(C(=O)[C@H]2[C@H]3C(=O)N(c4cccc(C(F)(F)F)c4)C(=O)[C@@H]3[C@H]3C=CC=NN32)cc1. The molecule has 0 N–H and O–H groups in total. The Morgan fingerprint density at radius 3 is 2.41 bits per heavy atom. The Kier molecular flexibility index (Phi) is 5.03. The van der Waals surface area contributed by atoms with E-state index < -0.39 is 53.3 Å². The molecule has 34 heavy (non-hydrogen) atoms. The first-order valence-electron chi connectivity index (χ1n) is 10.4. The zero-order valence-corrected chi connectivity index (χ0v) is 17.8. The summed E-state index contributed by atoms with van der Waals surface area (Å²) >= 11 is 0. The Morgan fingerprint density at radius 2 is 1.74 bits per heavy atom. The first kappa shape index (κ1) is 21.9. The van der Waals surface area contributed by atoms with Crippen molar-refractivity contribution in [2.45, 2.75) is 18.3 Å². The Morgan fingerprint density at radius 1 is 1.03 bits per heavy atom. The second kappa shape index (κ2) is 7.82. The lowest BCUT2D eigenvalue weighted by atomic mass is 9.86. The average Bonchev–Trinajstić information content (AvgIpc) is 3.31. The maximum absolute atomic E-state index is 13.5. The minimum Gasteiger partial charge on any atom is -0.497 e. The number of benzene rings is 2. The molecule has 174 valence electrons. The summed E-state index contributed by atoms with van der Waals surface area (Å²) in [5, 5.41) is 5.70. The molecule has 10 heteroatoms. The molecule has 2 aromatic carbocycles. The van der Waals surface area contributed by atoms with Crippen LogP contribution in [0.2, 0.25) is 0 Å². The first-order chi connectivity index (χ1) is 16.2. The number of rotatable bonds is 4. The number of ether oxygens (including phenoxy) is 1. The molecule has 0 bridgehead atoms. The summed E-state index contributed by atoms with van der Waals surface area (Å²) in [5.41, 5.74) is -0.852. The summed E-state index contributed by atoms with van der Waals surface area (Å²) in [4.78, 5) is 41.2. The lowest BCUT2D eigenvalue weighted by Crippen LogP contribution is -2.46. The number of hydrazone groups is 1. The number of allylic oxidation sites excluding steroid dienone is 1. The van der Waals surface area contributed by atoms with Crippen molar-refractivity contribution >= 4 is 29.5 Å². The summed E-state index contributed by atoms with van der Waals surface area (Å²) in [5.74, 6) is -3.31. The van der Waals surface area contributed by atoms with Gasteiger partial charge in [-0.2, -0.15) is 18.3 Å². The van der Waals surface area contributed by atoms with E-state index in [1.165, 1.54) is 24.4 Å². The summed E-state index contributed by atoms with van der Waals surface area (Å²) in [7, 11) is 1.49. The van der Waals surface area contributed by atoms with Crippen LogP contribution in [0, 0.1) is 11.8 Å². The van der Waals surface area contributed by atoms with Crippen molar-refractivity contribution in [2.75, 3.05) is 12.0 Å². The van der Waals surface area contributed by atoms with Gasteiger partial charge in [0, 0.05) is 11.8 Å². The molecule has 2 fully saturated rings. The molecule has 0 aliphatic carbocycles. The van der Waals surface area contributed by atoms with E-state index in [2.05, 4.69) is 5.10 Å². The molecule has 0 unspecified atom stereocenters. The van der Waals surface area contributed by atoms with Crippen molar-refractivity contribution in [3.05, 3.63) is 71.8 Å². The van der Waals surface area contributed by atoms with Crippen LogP contribution in [0.5, 0.6) is 5.75 Å². The molecule has 0 saturated carbocycles. The van der Waals surface area contributed by atoms with Crippen LogP contribution < -0.4 is 9.64 Å². The second-order valence-corrected chi connectivity index (χ2v) is 8.17. The number of Topliss-reactive ketones (excluding diaryl/α,β-unsaturated/α-hetero) is 1. The van der Waals surface area contributed by atoms with Crippen LogP contribution in [0.25, 0.3) is 0 Å². The van der Waals surface area contributed by atoms with Crippen molar-refractivity contribution in [1.29, 1.82) is 0 Å². The number of anilines is 1. The second-order valence-electron chi connectivity index (χ2n) is 8.17. The molecule has 0 aromatic heterocycles. The molecule has 5 rings (SSSR count). The number of amides is 2. The molecule has 2 amide bonds. The largest absolute Gasteiger partial charge is 0.497 e. The molecular formula is C24H18F3N3O4. The van der Waals surface area contributed by atoms with Crippen LogP contribution in [0.1, 0.15) is 15.9 Å². The number of halogens is 3. The van der Waals surface area contributed by atoms with Gasteiger partial charge in [-0.25, -0.2) is 4.90 Å². The molecule has 3 heterocycles. The lowest BCUT2D eigenvalue weighted by molar-refractivity contribution is -0.137. The van der Waals surface area contributed by atoms with Gasteiger partial charge in [-0.3, -0.25) is 19.4 Å². The van der Waals surface area contributed by atoms with Crippen molar-refractivity contribution in [2.24, 2.45) is 16.9 Å². The molecule has 2 saturated heterocycles. The van der Waals surface area contributed by atoms with E-state index >= 15 is 0 Å². The smallest absolute Gasteiger partial charge is 0.416 e. The first-order valence-corrected chi connectivity index (χ1v) is 10.4. The number of carbonyl (C=O) groups excluding carboxylic acids is 3. The number of hydrogen-bond donors (Lipinski definition) is 0. The van der Waals surface area contributed by atoms with Crippen molar-refractivity contribution < 1.29 is 32.3 Å². The highest BCUT2D eigenvalue weighted by atomic mass is 19.4. The van der Waals surface area contributed by atoms with E-state index in [0.29, 0.717) is 11.3 Å². The van der Waals surface area contributed by atoms with Gasteiger partial charge in [0.2, 0.25) is 11.8 Å². The third-order valence-electron chi connectivity index (χ3n) is 6.37. The van der Waals surface area contributed by atoms with Gasteiger partial charge in [-0.05, 0) is 48.5 Å². The van der Waals surface area contributed by atoms with Gasteiger partial charge in [0.15, 0.2) is 5.78 Å². The maximum atomic E-state index is 13.5. The fraction of sp³-hybridized carbons (Fsp3) is 0.250. The normalized spacial score (nSPS) is 25.5. The van der Waals surface area contributed by atoms with Gasteiger partial charge >= 0.3 is 6.18 Å². The predicted molar refractivity (Wildman–Crippen MR) is 115 cm³/mol. The van der Waals surface area contributed by atoms with Crippen molar-refractivity contribution in [3.8, 4) is 5.75 Å². The highest BCUT2D eigenvalue weighted by Gasteiger charge is 2.64. The van der Waals surface area contributed by atoms with E-state index in [1.54, 1.807) is 36.4 Å². The Hall–Kier alpha value is -3.95. The summed E-state index contributed by atoms with van der Waals surface area (Å²) in [6.45, 7) is 0. The van der Waals surface area contributed by atoms with Crippen LogP contribution in [0.15, 0.2) is 65.8 Å². The topological polar surface area (TPSA) is 79.3 Å². The molecular weight excluding hydrogens is 451 g/mol. The van der Waals surface area contributed by atoms with E-state index in [9.17, 15) is 27.6 Å². The van der Waals surface area contributed by atoms with Crippen molar-refractivity contribution in [3.63, 3.8) is 0 Å². The number of imide groups is 1. The number of carbonyl (C=O) groups is 3. The van der Waals surface area contributed by atoms with E-state index in [4.69, 9.17) is 4.74 Å². The quantitative estimate of drug-likeness (QED) is 0.507. The number of ketones is 1. The fourth-order valence-electron chi connectivity index (χ4n) is 4.84. The number of alkyl halides is 3. The zero-order valence-electron chi connectivity index (χ0n) is 17.8. The monoisotopic (exact) mass is 469 g/mol. The van der Waals surface area contributed by atoms with Crippen LogP contribution in [-0.4, -0.2) is 48.0 Å². The van der Waals surface area contributed by atoms with E-state index in [0.717, 1.165) is 23.1 Å². The molecule has 0 spiro atoms. The standard InChI is InChI=1S/C24H18F3N3O4/c1-34-16-9-7-13(8-10-16)21(31)20-19-18(17-6-3-11-28-30(17)20)22(32)29(23(19)33)15-5-2-4-14(12-15)24(25,26)27/h2-12,17-20H,1H3/t17-,18-,19+,20-/m1/s1. The summed E-state index contributed by atoms with van der Waals surface area (Å²) in [6, 6.07) is 8.61. The third-order valence-corrected chi connectivity index (χ3v) is 6.37. The van der Waals surface area contributed by atoms with Crippen LogP contribution >= 0.6 is 0 Å². The fourth-order valence-corrected chi connectivity index (χ4v) is 4.84. The minimum absolute atomic E-state index is 0.176. The molecule has 0 radical (unpaired) electrons. The van der Waals surface area contributed by atoms with E-state index in [-0.39, 0.29) is 5.69 Å². The van der Waals surface area contributed by atoms with Crippen LogP contribution in [0.4, 0.5) is 18.9 Å². The molecule has 3 aliphatic heterocycles. The van der Waals surface area contributed by atoms with Gasteiger partial charge in [-0.1, -0.05) is 12.1 Å². The zero-order chi connectivity index (χ0) is 24.2. The van der Waals surface area contributed by atoms with Crippen LogP contribution in [-0.2, 0) is 15.8 Å². The van der Waals surface area contributed by atoms with Gasteiger partial charge < -0.3 is 4.74 Å². The Bertz CT molecular complexity index is 1240. The third kappa shape index (κ3) is 3.28. The van der Waals surface area contributed by atoms with Gasteiger partial charge in [0.1, 0.15) is 11.8 Å². The van der Waals surface area contributed by atoms with Gasteiger partial charge in [0.05, 0.1) is 36.2 Å². The molecule has 2 aromatic rings. The number of hydrogen-bond acceptors (Lipinski definition) is 6. The predicted octanol–water partition coefficient (Wildman–Crippen LogP) is 3.31. The van der Waals surface area contributed by atoms with Crippen LogP contribution in [0.3, 0.4) is 0 Å². The van der Waals surface area contributed by atoms with E-state index in [1.807, 2.05) is 0 Å². The number of fused-ring (bicyclic) bond motifs is 3. The molecule has 4 atom stereocenters. The number of nitrogens with zero attached hydrogens (tertiary/aromatic N) is 3. The molecule has 3 aliphatic rings. The average molecular weight is 469 g/mol. The Labute approximate surface area is 192 Å².